The van der Waals surface area contributed by atoms with Crippen molar-refractivity contribution in [1.82, 2.24) is 5.32 Å². The highest BCUT2D eigenvalue weighted by Crippen LogP contribution is 2.31. The molecule has 0 radical (unpaired) electrons. The zero-order valence-corrected chi connectivity index (χ0v) is 15.8. The number of aryl methyl sites for hydroxylation is 2. The lowest BCUT2D eigenvalue weighted by atomic mass is 9.84. The fraction of sp³-hybridized carbons (Fsp3) is 0.550. The average molecular weight is 316 g/mol. The number of unbranched alkanes of at least 4 members (excludes halogenated alkanes) is 1. The largest absolute Gasteiger partial charge is 0.349 e. The molecular weight excluding hydrogens is 284 g/mol. The van der Waals surface area contributed by atoms with E-state index < -0.39 is 0 Å². The predicted molar refractivity (Wildman–Crippen MR) is 99.8 cm³/mol. The summed E-state index contributed by atoms with van der Waals surface area (Å²) < 4.78 is 0. The molecule has 0 fully saturated rings. The number of nitrogens with one attached hydrogen (secondary N) is 1. The summed E-state index contributed by atoms with van der Waals surface area (Å²) in [4.78, 5) is 12.9. The summed E-state index contributed by atoms with van der Waals surface area (Å²) in [6.45, 7) is 13.2. The molecule has 0 atom stereocenters. The maximum Gasteiger partial charge on any atom is 0.211 e. The average Bonchev–Trinajstić information content (AvgIpc) is 2.43. The second-order valence-corrected chi connectivity index (χ2v) is 7.34. The molecule has 0 aromatic heterocycles. The van der Waals surface area contributed by atoms with E-state index >= 15 is 0 Å². The van der Waals surface area contributed by atoms with Gasteiger partial charge < -0.3 is 10.2 Å². The van der Waals surface area contributed by atoms with Gasteiger partial charge in [0.2, 0.25) is 6.41 Å². The summed E-state index contributed by atoms with van der Waals surface area (Å²) >= 11 is 0. The van der Waals surface area contributed by atoms with Gasteiger partial charge >= 0.3 is 0 Å². The second-order valence-electron chi connectivity index (χ2n) is 7.34. The van der Waals surface area contributed by atoms with E-state index in [9.17, 15) is 4.79 Å². The number of hydrogen-bond acceptors (Lipinski definition) is 2. The molecule has 1 aromatic rings. The van der Waals surface area contributed by atoms with Crippen molar-refractivity contribution in [3.8, 4) is 0 Å². The Balaban J connectivity index is 3.16. The van der Waals surface area contributed by atoms with Gasteiger partial charge in [0.25, 0.3) is 0 Å². The summed E-state index contributed by atoms with van der Waals surface area (Å²) in [5.41, 5.74) is 6.19. The maximum atomic E-state index is 10.8. The molecule has 23 heavy (non-hydrogen) atoms. The Bertz CT molecular complexity index is 544. The number of carbonyl (C=O) groups excluding carboxylic acids is 1. The number of benzene rings is 1. The van der Waals surface area contributed by atoms with Crippen molar-refractivity contribution < 1.29 is 4.79 Å². The molecule has 1 N–H and O–H groups in total. The normalized spacial score (nSPS) is 12.2. The zero-order chi connectivity index (χ0) is 17.6. The van der Waals surface area contributed by atoms with Gasteiger partial charge in [-0.15, -0.1) is 0 Å². The molecule has 0 aliphatic carbocycles. The lowest BCUT2D eigenvalue weighted by molar-refractivity contribution is -0.109. The third-order valence-electron chi connectivity index (χ3n) is 4.10. The van der Waals surface area contributed by atoms with E-state index in [1.165, 1.54) is 22.4 Å². The van der Waals surface area contributed by atoms with E-state index in [2.05, 4.69) is 63.9 Å². The smallest absolute Gasteiger partial charge is 0.211 e. The van der Waals surface area contributed by atoms with Gasteiger partial charge in [0.15, 0.2) is 0 Å². The Morgan fingerprint density at radius 1 is 1.22 bits per heavy atom. The third-order valence-corrected chi connectivity index (χ3v) is 4.10. The zero-order valence-electron chi connectivity index (χ0n) is 15.8. The van der Waals surface area contributed by atoms with Crippen LogP contribution in [0.4, 0.5) is 5.69 Å². The van der Waals surface area contributed by atoms with E-state index in [0.29, 0.717) is 0 Å². The fourth-order valence-electron chi connectivity index (χ4n) is 2.86. The first-order valence-electron chi connectivity index (χ1n) is 8.46. The number of nitrogens with zero attached hydrogens (tertiary/aromatic N) is 1. The predicted octanol–water partition coefficient (Wildman–Crippen LogP) is 4.81. The Morgan fingerprint density at radius 3 is 2.22 bits per heavy atom. The summed E-state index contributed by atoms with van der Waals surface area (Å²) in [5.74, 6) is 0. The molecule has 0 heterocycles. The molecule has 0 spiro atoms. The van der Waals surface area contributed by atoms with Gasteiger partial charge in [-0.1, -0.05) is 46.2 Å². The van der Waals surface area contributed by atoms with E-state index in [0.717, 1.165) is 31.4 Å². The molecule has 128 valence electrons. The number of anilines is 1. The lowest BCUT2D eigenvalue weighted by Crippen LogP contribution is -2.19. The minimum atomic E-state index is 0.147. The van der Waals surface area contributed by atoms with Crippen molar-refractivity contribution in [2.45, 2.75) is 66.2 Å². The Hall–Kier alpha value is -1.77. The number of allylic oxidation sites excluding steroid dienone is 1. The number of rotatable bonds is 7. The van der Waals surface area contributed by atoms with Crippen molar-refractivity contribution in [3.05, 3.63) is 40.7 Å². The maximum absolute atomic E-state index is 10.8. The summed E-state index contributed by atoms with van der Waals surface area (Å²) in [5, 5.41) is 2.83. The SMILES string of the molecule is CCCC/C(=C/N(C)c1c(C)cc(C(C)(C)C)cc1C)NC=O. The molecule has 1 amide bonds. The van der Waals surface area contributed by atoms with Crippen LogP contribution in [0.25, 0.3) is 0 Å². The Kier molecular flexibility index (Phi) is 6.86. The molecule has 0 saturated carbocycles. The highest BCUT2D eigenvalue weighted by Gasteiger charge is 2.17. The van der Waals surface area contributed by atoms with Gasteiger partial charge in [-0.25, -0.2) is 0 Å². The Labute approximate surface area is 141 Å². The number of carbonyl (C=O) groups is 1. The molecule has 0 unspecified atom stereocenters. The fourth-order valence-corrected chi connectivity index (χ4v) is 2.86. The van der Waals surface area contributed by atoms with Crippen molar-refractivity contribution >= 4 is 12.1 Å². The topological polar surface area (TPSA) is 32.3 Å². The van der Waals surface area contributed by atoms with Crippen molar-refractivity contribution in [1.29, 1.82) is 0 Å². The highest BCUT2D eigenvalue weighted by molar-refractivity contribution is 5.62. The third kappa shape index (κ3) is 5.42. The van der Waals surface area contributed by atoms with Crippen LogP contribution in [-0.2, 0) is 10.2 Å². The van der Waals surface area contributed by atoms with Crippen LogP contribution in [-0.4, -0.2) is 13.5 Å². The van der Waals surface area contributed by atoms with E-state index in [1.54, 1.807) is 0 Å². The number of amides is 1. The van der Waals surface area contributed by atoms with Gasteiger partial charge in [0, 0.05) is 24.6 Å². The molecule has 1 aromatic carbocycles. The first-order valence-corrected chi connectivity index (χ1v) is 8.46. The van der Waals surface area contributed by atoms with Crippen LogP contribution in [0.1, 0.15) is 63.6 Å². The first kappa shape index (κ1) is 19.3. The Morgan fingerprint density at radius 2 is 1.78 bits per heavy atom. The van der Waals surface area contributed by atoms with Gasteiger partial charge in [-0.2, -0.15) is 0 Å². The quantitative estimate of drug-likeness (QED) is 0.732. The van der Waals surface area contributed by atoms with E-state index in [4.69, 9.17) is 0 Å². The monoisotopic (exact) mass is 316 g/mol. The van der Waals surface area contributed by atoms with Crippen LogP contribution >= 0.6 is 0 Å². The molecule has 3 nitrogen and oxygen atoms in total. The molecule has 0 aliphatic heterocycles. The van der Waals surface area contributed by atoms with Crippen LogP contribution in [0, 0.1) is 13.8 Å². The van der Waals surface area contributed by atoms with E-state index in [-0.39, 0.29) is 5.41 Å². The van der Waals surface area contributed by atoms with Gasteiger partial charge in [0.1, 0.15) is 0 Å². The molecule has 1 rings (SSSR count). The molecule has 0 saturated heterocycles. The van der Waals surface area contributed by atoms with E-state index in [1.807, 2.05) is 13.2 Å². The second kappa shape index (κ2) is 8.19. The summed E-state index contributed by atoms with van der Waals surface area (Å²) in [7, 11) is 2.05. The summed E-state index contributed by atoms with van der Waals surface area (Å²) in [6, 6.07) is 4.54. The van der Waals surface area contributed by atoms with Gasteiger partial charge in [-0.05, 0) is 48.8 Å². The van der Waals surface area contributed by atoms with Gasteiger partial charge in [0.05, 0.1) is 0 Å². The van der Waals surface area contributed by atoms with Gasteiger partial charge in [-0.3, -0.25) is 4.79 Å². The van der Waals surface area contributed by atoms with Crippen molar-refractivity contribution in [2.24, 2.45) is 0 Å². The van der Waals surface area contributed by atoms with Crippen LogP contribution < -0.4 is 10.2 Å². The summed E-state index contributed by atoms with van der Waals surface area (Å²) in [6.07, 6.45) is 5.87. The van der Waals surface area contributed by atoms with Crippen molar-refractivity contribution in [3.63, 3.8) is 0 Å². The van der Waals surface area contributed by atoms with Crippen molar-refractivity contribution in [2.75, 3.05) is 11.9 Å². The minimum absolute atomic E-state index is 0.147. The molecule has 0 bridgehead atoms. The minimum Gasteiger partial charge on any atom is -0.349 e. The molecular formula is C20H32N2O. The first-order chi connectivity index (χ1) is 10.7. The lowest BCUT2D eigenvalue weighted by Gasteiger charge is -2.26. The van der Waals surface area contributed by atoms with Crippen LogP contribution in [0.15, 0.2) is 24.0 Å². The van der Waals surface area contributed by atoms with Crippen LogP contribution in [0.5, 0.6) is 0 Å². The number of hydrogen-bond donors (Lipinski definition) is 1. The molecule has 3 heteroatoms. The van der Waals surface area contributed by atoms with Crippen LogP contribution in [0.3, 0.4) is 0 Å². The van der Waals surface area contributed by atoms with Crippen LogP contribution in [0.2, 0.25) is 0 Å². The molecule has 0 aliphatic rings. The standard InChI is InChI=1S/C20H32N2O/c1-8-9-10-18(21-14-23)13-22(7)19-15(2)11-17(12-16(19)3)20(4,5)6/h11-14H,8-10H2,1-7H3,(H,21,23)/b18-13-. The highest BCUT2D eigenvalue weighted by atomic mass is 16.1.